The fraction of sp³-hybridized carbons (Fsp3) is 0.833. The summed E-state index contributed by atoms with van der Waals surface area (Å²) in [6, 6.07) is 2.28. The molecule has 2 fully saturated rings. The SMILES string of the molecule is N#CC1(NC(=O)C2CCCO2)CCCCC1. The lowest BCUT2D eigenvalue weighted by molar-refractivity contribution is -0.131. The molecule has 1 saturated carbocycles. The normalized spacial score (nSPS) is 28.3. The molecule has 0 bridgehead atoms. The Hall–Kier alpha value is -1.08. The Kier molecular flexibility index (Phi) is 3.45. The highest BCUT2D eigenvalue weighted by atomic mass is 16.5. The molecule has 0 aromatic carbocycles. The van der Waals surface area contributed by atoms with Crippen molar-refractivity contribution < 1.29 is 9.53 Å². The monoisotopic (exact) mass is 222 g/mol. The Morgan fingerprint density at radius 3 is 2.62 bits per heavy atom. The number of nitrogens with one attached hydrogen (secondary N) is 1. The molecule has 1 N–H and O–H groups in total. The largest absolute Gasteiger partial charge is 0.368 e. The van der Waals surface area contributed by atoms with Crippen LogP contribution in [0.4, 0.5) is 0 Å². The number of nitriles is 1. The quantitative estimate of drug-likeness (QED) is 0.770. The number of nitrogens with zero attached hydrogens (tertiary/aromatic N) is 1. The average Bonchev–Trinajstić information content (AvgIpc) is 2.84. The van der Waals surface area contributed by atoms with E-state index in [0.717, 1.165) is 38.5 Å². The first-order valence-electron chi connectivity index (χ1n) is 6.11. The van der Waals surface area contributed by atoms with E-state index in [2.05, 4.69) is 11.4 Å². The Morgan fingerprint density at radius 2 is 2.06 bits per heavy atom. The molecule has 4 nitrogen and oxygen atoms in total. The van der Waals surface area contributed by atoms with E-state index < -0.39 is 5.54 Å². The maximum Gasteiger partial charge on any atom is 0.250 e. The second-order valence-electron chi connectivity index (χ2n) is 4.75. The van der Waals surface area contributed by atoms with Crippen LogP contribution in [-0.4, -0.2) is 24.2 Å². The van der Waals surface area contributed by atoms with Crippen LogP contribution >= 0.6 is 0 Å². The molecule has 1 atom stereocenters. The molecule has 1 heterocycles. The van der Waals surface area contributed by atoms with Crippen LogP contribution in [0.2, 0.25) is 0 Å². The minimum atomic E-state index is -0.624. The van der Waals surface area contributed by atoms with E-state index in [1.165, 1.54) is 6.42 Å². The minimum Gasteiger partial charge on any atom is -0.368 e. The second kappa shape index (κ2) is 4.84. The van der Waals surface area contributed by atoms with Gasteiger partial charge in [-0.1, -0.05) is 19.3 Å². The van der Waals surface area contributed by atoms with Gasteiger partial charge in [-0.3, -0.25) is 4.79 Å². The van der Waals surface area contributed by atoms with Gasteiger partial charge in [0, 0.05) is 6.61 Å². The summed E-state index contributed by atoms with van der Waals surface area (Å²) in [5.41, 5.74) is -0.624. The molecule has 2 aliphatic rings. The Bertz CT molecular complexity index is 297. The van der Waals surface area contributed by atoms with Crippen molar-refractivity contribution in [2.75, 3.05) is 6.61 Å². The highest BCUT2D eigenvalue weighted by molar-refractivity contribution is 5.82. The van der Waals surface area contributed by atoms with Crippen molar-refractivity contribution in [2.45, 2.75) is 56.6 Å². The molecule has 1 amide bonds. The summed E-state index contributed by atoms with van der Waals surface area (Å²) >= 11 is 0. The first kappa shape index (κ1) is 11.4. The molecule has 0 aromatic rings. The topological polar surface area (TPSA) is 62.1 Å². The predicted molar refractivity (Wildman–Crippen MR) is 58.5 cm³/mol. The summed E-state index contributed by atoms with van der Waals surface area (Å²) in [5.74, 6) is -0.0963. The van der Waals surface area contributed by atoms with Gasteiger partial charge in [-0.2, -0.15) is 5.26 Å². The van der Waals surface area contributed by atoms with Crippen LogP contribution in [0.1, 0.15) is 44.9 Å². The molecule has 0 radical (unpaired) electrons. The van der Waals surface area contributed by atoms with Gasteiger partial charge >= 0.3 is 0 Å². The van der Waals surface area contributed by atoms with Crippen molar-refractivity contribution in [1.82, 2.24) is 5.32 Å². The first-order valence-corrected chi connectivity index (χ1v) is 6.11. The van der Waals surface area contributed by atoms with Gasteiger partial charge in [0.2, 0.25) is 5.91 Å². The van der Waals surface area contributed by atoms with E-state index >= 15 is 0 Å². The number of carbonyl (C=O) groups is 1. The van der Waals surface area contributed by atoms with Crippen LogP contribution in [0.5, 0.6) is 0 Å². The number of hydrogen-bond acceptors (Lipinski definition) is 3. The molecule has 1 saturated heterocycles. The van der Waals surface area contributed by atoms with Crippen molar-refractivity contribution in [3.63, 3.8) is 0 Å². The van der Waals surface area contributed by atoms with Crippen LogP contribution in [-0.2, 0) is 9.53 Å². The van der Waals surface area contributed by atoms with Gasteiger partial charge in [0.25, 0.3) is 0 Å². The second-order valence-corrected chi connectivity index (χ2v) is 4.75. The zero-order chi connectivity index (χ0) is 11.4. The van der Waals surface area contributed by atoms with Gasteiger partial charge in [0.15, 0.2) is 0 Å². The number of hydrogen-bond donors (Lipinski definition) is 1. The lowest BCUT2D eigenvalue weighted by atomic mass is 9.82. The van der Waals surface area contributed by atoms with Crippen molar-refractivity contribution in [1.29, 1.82) is 5.26 Å². The zero-order valence-corrected chi connectivity index (χ0v) is 9.50. The van der Waals surface area contributed by atoms with Gasteiger partial charge in [0.1, 0.15) is 11.6 Å². The molecular formula is C12H18N2O2. The summed E-state index contributed by atoms with van der Waals surface area (Å²) < 4.78 is 5.32. The minimum absolute atomic E-state index is 0.0963. The zero-order valence-electron chi connectivity index (χ0n) is 9.50. The van der Waals surface area contributed by atoms with Crippen LogP contribution in [0.3, 0.4) is 0 Å². The van der Waals surface area contributed by atoms with Gasteiger partial charge in [-0.05, 0) is 25.7 Å². The van der Waals surface area contributed by atoms with Crippen molar-refractivity contribution >= 4 is 5.91 Å². The van der Waals surface area contributed by atoms with Crippen LogP contribution < -0.4 is 5.32 Å². The fourth-order valence-electron chi connectivity index (χ4n) is 2.52. The standard InChI is InChI=1S/C12H18N2O2/c13-9-12(6-2-1-3-7-12)14-11(15)10-5-4-8-16-10/h10H,1-8H2,(H,14,15). The summed E-state index contributed by atoms with van der Waals surface area (Å²) in [6.07, 6.45) is 6.18. The molecule has 0 spiro atoms. The number of rotatable bonds is 2. The van der Waals surface area contributed by atoms with Gasteiger partial charge < -0.3 is 10.1 Å². The Morgan fingerprint density at radius 1 is 1.31 bits per heavy atom. The average molecular weight is 222 g/mol. The van der Waals surface area contributed by atoms with E-state index in [4.69, 9.17) is 4.74 Å². The van der Waals surface area contributed by atoms with Crippen LogP contribution in [0, 0.1) is 11.3 Å². The van der Waals surface area contributed by atoms with Gasteiger partial charge in [0.05, 0.1) is 6.07 Å². The summed E-state index contributed by atoms with van der Waals surface area (Å²) in [4.78, 5) is 11.9. The fourth-order valence-corrected chi connectivity index (χ4v) is 2.52. The van der Waals surface area contributed by atoms with Gasteiger partial charge in [-0.25, -0.2) is 0 Å². The molecular weight excluding hydrogens is 204 g/mol. The molecule has 1 aliphatic carbocycles. The summed E-state index contributed by atoms with van der Waals surface area (Å²) in [5, 5.41) is 12.1. The van der Waals surface area contributed by atoms with E-state index in [9.17, 15) is 10.1 Å². The molecule has 88 valence electrons. The maximum absolute atomic E-state index is 11.9. The first-order chi connectivity index (χ1) is 7.76. The highest BCUT2D eigenvalue weighted by Gasteiger charge is 2.36. The van der Waals surface area contributed by atoms with Crippen LogP contribution in [0.15, 0.2) is 0 Å². The molecule has 0 aromatic heterocycles. The molecule has 2 rings (SSSR count). The van der Waals surface area contributed by atoms with E-state index in [1.54, 1.807) is 0 Å². The third-order valence-corrected chi connectivity index (χ3v) is 3.51. The van der Waals surface area contributed by atoms with Crippen molar-refractivity contribution in [3.8, 4) is 6.07 Å². The maximum atomic E-state index is 11.9. The van der Waals surface area contributed by atoms with Gasteiger partial charge in [-0.15, -0.1) is 0 Å². The van der Waals surface area contributed by atoms with E-state index in [-0.39, 0.29) is 12.0 Å². The van der Waals surface area contributed by atoms with Crippen LogP contribution in [0.25, 0.3) is 0 Å². The lowest BCUT2D eigenvalue weighted by Gasteiger charge is -2.32. The highest BCUT2D eigenvalue weighted by Crippen LogP contribution is 2.28. The number of amides is 1. The number of carbonyl (C=O) groups excluding carboxylic acids is 1. The molecule has 1 unspecified atom stereocenters. The summed E-state index contributed by atoms with van der Waals surface area (Å²) in [7, 11) is 0. The van der Waals surface area contributed by atoms with E-state index in [0.29, 0.717) is 6.61 Å². The lowest BCUT2D eigenvalue weighted by Crippen LogP contribution is -2.51. The van der Waals surface area contributed by atoms with E-state index in [1.807, 2.05) is 0 Å². The summed E-state index contributed by atoms with van der Waals surface area (Å²) in [6.45, 7) is 0.664. The Labute approximate surface area is 96.0 Å². The number of ether oxygens (including phenoxy) is 1. The molecule has 4 heteroatoms. The smallest absolute Gasteiger partial charge is 0.250 e. The third kappa shape index (κ3) is 2.35. The Balaban J connectivity index is 1.95. The third-order valence-electron chi connectivity index (χ3n) is 3.51. The van der Waals surface area contributed by atoms with Crippen molar-refractivity contribution in [2.24, 2.45) is 0 Å². The molecule has 16 heavy (non-hydrogen) atoms. The molecule has 1 aliphatic heterocycles. The van der Waals surface area contributed by atoms with Crippen molar-refractivity contribution in [3.05, 3.63) is 0 Å². The predicted octanol–water partition coefficient (Wildman–Crippen LogP) is 1.51.